The quantitative estimate of drug-likeness (QED) is 0.889. The number of ether oxygens (including phenoxy) is 2. The number of hydrogen-bond donors (Lipinski definition) is 2. The number of carbonyl (C=O) groups is 2. The molecule has 120 valence electrons. The van der Waals surface area contributed by atoms with E-state index in [-0.39, 0.29) is 11.8 Å². The maximum atomic E-state index is 12.5. The van der Waals surface area contributed by atoms with Crippen LogP contribution in [0.15, 0.2) is 42.5 Å². The van der Waals surface area contributed by atoms with E-state index in [4.69, 9.17) is 9.47 Å². The van der Waals surface area contributed by atoms with Gasteiger partial charge in [0, 0.05) is 18.3 Å². The van der Waals surface area contributed by atoms with Crippen LogP contribution in [0.2, 0.25) is 0 Å². The molecule has 0 atom stereocenters. The van der Waals surface area contributed by atoms with Crippen LogP contribution in [-0.4, -0.2) is 26.0 Å². The van der Waals surface area contributed by atoms with Crippen LogP contribution in [0, 0.1) is 0 Å². The molecule has 2 rings (SSSR count). The minimum Gasteiger partial charge on any atom is -0.497 e. The standard InChI is InChI=1S/C17H18N2O4/c1-11(20)18-12-5-4-6-13(9-12)19-17(21)15-10-14(22-2)7-8-16(15)23-3/h4-10H,1-3H3,(H,18,20)(H,19,21). The summed E-state index contributed by atoms with van der Waals surface area (Å²) in [6, 6.07) is 11.9. The van der Waals surface area contributed by atoms with Gasteiger partial charge in [-0.15, -0.1) is 0 Å². The van der Waals surface area contributed by atoms with Crippen molar-refractivity contribution < 1.29 is 19.1 Å². The molecular formula is C17H18N2O4. The van der Waals surface area contributed by atoms with E-state index < -0.39 is 0 Å². The first-order chi connectivity index (χ1) is 11.0. The van der Waals surface area contributed by atoms with Gasteiger partial charge in [0.15, 0.2) is 0 Å². The SMILES string of the molecule is COc1ccc(OC)c(C(=O)Nc2cccc(NC(C)=O)c2)c1. The van der Waals surface area contributed by atoms with Crippen LogP contribution in [0.3, 0.4) is 0 Å². The maximum Gasteiger partial charge on any atom is 0.259 e. The third kappa shape index (κ3) is 4.23. The van der Waals surface area contributed by atoms with Gasteiger partial charge >= 0.3 is 0 Å². The van der Waals surface area contributed by atoms with Gasteiger partial charge in [-0.2, -0.15) is 0 Å². The zero-order chi connectivity index (χ0) is 16.8. The monoisotopic (exact) mass is 314 g/mol. The van der Waals surface area contributed by atoms with Gasteiger partial charge in [-0.3, -0.25) is 9.59 Å². The van der Waals surface area contributed by atoms with Gasteiger partial charge in [-0.05, 0) is 36.4 Å². The lowest BCUT2D eigenvalue weighted by Crippen LogP contribution is -2.14. The second-order valence-corrected chi connectivity index (χ2v) is 4.78. The summed E-state index contributed by atoms with van der Waals surface area (Å²) in [5, 5.41) is 5.44. The second-order valence-electron chi connectivity index (χ2n) is 4.78. The molecule has 6 heteroatoms. The first-order valence-electron chi connectivity index (χ1n) is 6.94. The molecule has 6 nitrogen and oxygen atoms in total. The fraction of sp³-hybridized carbons (Fsp3) is 0.176. The average molecular weight is 314 g/mol. The van der Waals surface area contributed by atoms with Gasteiger partial charge in [-0.25, -0.2) is 0 Å². The normalized spacial score (nSPS) is 9.87. The maximum absolute atomic E-state index is 12.5. The van der Waals surface area contributed by atoms with E-state index in [1.54, 1.807) is 42.5 Å². The van der Waals surface area contributed by atoms with Crippen molar-refractivity contribution in [2.75, 3.05) is 24.9 Å². The van der Waals surface area contributed by atoms with Crippen molar-refractivity contribution in [3.05, 3.63) is 48.0 Å². The summed E-state index contributed by atoms with van der Waals surface area (Å²) in [6.07, 6.45) is 0. The molecule has 0 unspecified atom stereocenters. The van der Waals surface area contributed by atoms with Gasteiger partial charge in [0.1, 0.15) is 11.5 Å². The zero-order valence-electron chi connectivity index (χ0n) is 13.2. The van der Waals surface area contributed by atoms with E-state index in [1.807, 2.05) is 0 Å². The van der Waals surface area contributed by atoms with Crippen molar-refractivity contribution in [3.8, 4) is 11.5 Å². The van der Waals surface area contributed by atoms with E-state index >= 15 is 0 Å². The number of amides is 2. The van der Waals surface area contributed by atoms with E-state index in [9.17, 15) is 9.59 Å². The van der Waals surface area contributed by atoms with Crippen LogP contribution in [0.5, 0.6) is 11.5 Å². The summed E-state index contributed by atoms with van der Waals surface area (Å²) in [5.41, 5.74) is 1.52. The summed E-state index contributed by atoms with van der Waals surface area (Å²) in [7, 11) is 3.02. The molecule has 0 radical (unpaired) electrons. The number of methoxy groups -OCH3 is 2. The lowest BCUT2D eigenvalue weighted by Gasteiger charge is -2.11. The lowest BCUT2D eigenvalue weighted by molar-refractivity contribution is -0.114. The van der Waals surface area contributed by atoms with E-state index in [0.717, 1.165) is 0 Å². The summed E-state index contributed by atoms with van der Waals surface area (Å²) < 4.78 is 10.3. The topological polar surface area (TPSA) is 76.7 Å². The Balaban J connectivity index is 2.23. The van der Waals surface area contributed by atoms with E-state index in [2.05, 4.69) is 10.6 Å². The highest BCUT2D eigenvalue weighted by Crippen LogP contribution is 2.25. The predicted molar refractivity (Wildman–Crippen MR) is 88.2 cm³/mol. The first-order valence-corrected chi connectivity index (χ1v) is 6.94. The minimum atomic E-state index is -0.333. The number of hydrogen-bond acceptors (Lipinski definition) is 4. The molecule has 0 aromatic heterocycles. The number of anilines is 2. The summed E-state index contributed by atoms with van der Waals surface area (Å²) in [6.45, 7) is 1.42. The van der Waals surface area contributed by atoms with Crippen molar-refractivity contribution in [2.24, 2.45) is 0 Å². The Labute approximate surface area is 134 Å². The Kier molecular flexibility index (Phi) is 5.19. The molecule has 0 saturated heterocycles. The number of carbonyl (C=O) groups excluding carboxylic acids is 2. The van der Waals surface area contributed by atoms with Gasteiger partial charge in [-0.1, -0.05) is 6.07 Å². The lowest BCUT2D eigenvalue weighted by atomic mass is 10.1. The number of rotatable bonds is 5. The molecule has 2 aromatic carbocycles. The third-order valence-corrected chi connectivity index (χ3v) is 3.09. The van der Waals surface area contributed by atoms with Crippen LogP contribution in [0.4, 0.5) is 11.4 Å². The molecule has 0 saturated carbocycles. The molecule has 0 aliphatic carbocycles. The molecule has 23 heavy (non-hydrogen) atoms. The Morgan fingerprint density at radius 3 is 2.22 bits per heavy atom. The highest BCUT2D eigenvalue weighted by molar-refractivity contribution is 6.06. The summed E-state index contributed by atoms with van der Waals surface area (Å²) >= 11 is 0. The number of nitrogens with one attached hydrogen (secondary N) is 2. The van der Waals surface area contributed by atoms with E-state index in [1.165, 1.54) is 21.1 Å². The third-order valence-electron chi connectivity index (χ3n) is 3.09. The molecule has 0 spiro atoms. The highest BCUT2D eigenvalue weighted by Gasteiger charge is 2.14. The average Bonchev–Trinajstić information content (AvgIpc) is 2.53. The van der Waals surface area contributed by atoms with Crippen LogP contribution in [0.1, 0.15) is 17.3 Å². The van der Waals surface area contributed by atoms with Gasteiger partial charge in [0.2, 0.25) is 5.91 Å². The predicted octanol–water partition coefficient (Wildman–Crippen LogP) is 2.91. The molecule has 0 heterocycles. The molecule has 0 fully saturated rings. The van der Waals surface area contributed by atoms with Gasteiger partial charge < -0.3 is 20.1 Å². The molecular weight excluding hydrogens is 296 g/mol. The van der Waals surface area contributed by atoms with Crippen molar-refractivity contribution in [2.45, 2.75) is 6.92 Å². The Morgan fingerprint density at radius 2 is 1.61 bits per heavy atom. The fourth-order valence-corrected chi connectivity index (χ4v) is 2.07. The molecule has 2 amide bonds. The van der Waals surface area contributed by atoms with Crippen molar-refractivity contribution in [1.82, 2.24) is 0 Å². The Hall–Kier alpha value is -3.02. The Bertz CT molecular complexity index is 728. The minimum absolute atomic E-state index is 0.178. The number of benzene rings is 2. The molecule has 2 aromatic rings. The van der Waals surface area contributed by atoms with Crippen LogP contribution in [0.25, 0.3) is 0 Å². The second kappa shape index (κ2) is 7.31. The van der Waals surface area contributed by atoms with Crippen LogP contribution < -0.4 is 20.1 Å². The van der Waals surface area contributed by atoms with Crippen LogP contribution in [-0.2, 0) is 4.79 Å². The molecule has 0 bridgehead atoms. The van der Waals surface area contributed by atoms with Crippen LogP contribution >= 0.6 is 0 Å². The largest absolute Gasteiger partial charge is 0.497 e. The summed E-state index contributed by atoms with van der Waals surface area (Å²) in [4.78, 5) is 23.6. The van der Waals surface area contributed by atoms with Gasteiger partial charge in [0.25, 0.3) is 5.91 Å². The smallest absolute Gasteiger partial charge is 0.259 e. The van der Waals surface area contributed by atoms with Crippen molar-refractivity contribution >= 4 is 23.2 Å². The van der Waals surface area contributed by atoms with Crippen molar-refractivity contribution in [1.29, 1.82) is 0 Å². The first kappa shape index (κ1) is 16.4. The zero-order valence-corrected chi connectivity index (χ0v) is 13.2. The molecule has 2 N–H and O–H groups in total. The molecule has 0 aliphatic rings. The fourth-order valence-electron chi connectivity index (χ4n) is 2.07. The van der Waals surface area contributed by atoms with Crippen molar-refractivity contribution in [3.63, 3.8) is 0 Å². The van der Waals surface area contributed by atoms with E-state index in [0.29, 0.717) is 28.4 Å². The van der Waals surface area contributed by atoms with Gasteiger partial charge in [0.05, 0.1) is 19.8 Å². The molecule has 0 aliphatic heterocycles. The summed E-state index contributed by atoms with van der Waals surface area (Å²) in [5.74, 6) is 0.493. The highest BCUT2D eigenvalue weighted by atomic mass is 16.5. The Morgan fingerprint density at radius 1 is 0.913 bits per heavy atom.